The fourth-order valence-corrected chi connectivity index (χ4v) is 1.91. The van der Waals surface area contributed by atoms with Crippen LogP contribution in [0.4, 0.5) is 4.79 Å². The number of hydrogen-bond donors (Lipinski definition) is 2. The topological polar surface area (TPSA) is 68.2 Å². The first-order valence-corrected chi connectivity index (χ1v) is 7.46. The average Bonchev–Trinajstić information content (AvgIpc) is 2.83. The Morgan fingerprint density at radius 2 is 2.10 bits per heavy atom. The second-order valence-corrected chi connectivity index (χ2v) is 6.30. The molecular formula is C15H28N4O2. The van der Waals surface area contributed by atoms with Gasteiger partial charge in [-0.15, -0.1) is 0 Å². The SMILES string of the molecule is CCn1cc(C(C)NC(C)CNC(=O)OC(C)(C)C)cn1. The molecule has 0 radical (unpaired) electrons. The Morgan fingerprint density at radius 1 is 1.43 bits per heavy atom. The molecule has 0 aliphatic carbocycles. The minimum atomic E-state index is -0.469. The number of aromatic nitrogens is 2. The summed E-state index contributed by atoms with van der Waals surface area (Å²) in [4.78, 5) is 11.6. The second-order valence-electron chi connectivity index (χ2n) is 6.30. The zero-order valence-electron chi connectivity index (χ0n) is 13.9. The normalized spacial score (nSPS) is 14.6. The van der Waals surface area contributed by atoms with Crippen LogP contribution < -0.4 is 10.6 Å². The molecule has 0 aliphatic rings. The molecule has 0 aliphatic heterocycles. The van der Waals surface area contributed by atoms with Crippen LogP contribution in [0.1, 0.15) is 53.1 Å². The highest BCUT2D eigenvalue weighted by Gasteiger charge is 2.17. The molecular weight excluding hydrogens is 268 g/mol. The largest absolute Gasteiger partial charge is 0.444 e. The molecule has 0 aromatic carbocycles. The maximum Gasteiger partial charge on any atom is 0.407 e. The lowest BCUT2D eigenvalue weighted by molar-refractivity contribution is 0.0522. The van der Waals surface area contributed by atoms with E-state index in [9.17, 15) is 4.79 Å². The third-order valence-corrected chi connectivity index (χ3v) is 2.96. The van der Waals surface area contributed by atoms with Crippen molar-refractivity contribution in [1.82, 2.24) is 20.4 Å². The third kappa shape index (κ3) is 6.62. The van der Waals surface area contributed by atoms with Crippen molar-refractivity contribution in [3.05, 3.63) is 18.0 Å². The minimum absolute atomic E-state index is 0.137. The van der Waals surface area contributed by atoms with Crippen LogP contribution in [0.5, 0.6) is 0 Å². The Kier molecular flexibility index (Phi) is 6.20. The lowest BCUT2D eigenvalue weighted by atomic mass is 10.1. The molecule has 1 aromatic heterocycles. The fourth-order valence-electron chi connectivity index (χ4n) is 1.91. The number of nitrogens with one attached hydrogen (secondary N) is 2. The monoisotopic (exact) mass is 296 g/mol. The summed E-state index contributed by atoms with van der Waals surface area (Å²) in [7, 11) is 0. The molecule has 120 valence electrons. The van der Waals surface area contributed by atoms with Gasteiger partial charge in [-0.25, -0.2) is 4.79 Å². The van der Waals surface area contributed by atoms with E-state index >= 15 is 0 Å². The number of rotatable bonds is 6. The van der Waals surface area contributed by atoms with E-state index in [-0.39, 0.29) is 18.2 Å². The number of nitrogens with zero attached hydrogens (tertiary/aromatic N) is 2. The number of hydrogen-bond acceptors (Lipinski definition) is 4. The van der Waals surface area contributed by atoms with Crippen LogP contribution in [0.3, 0.4) is 0 Å². The summed E-state index contributed by atoms with van der Waals surface area (Å²) in [5, 5.41) is 10.5. The summed E-state index contributed by atoms with van der Waals surface area (Å²) in [6, 6.07) is 0.318. The Labute approximate surface area is 127 Å². The lowest BCUT2D eigenvalue weighted by Crippen LogP contribution is -2.41. The number of amides is 1. The smallest absolute Gasteiger partial charge is 0.407 e. The molecule has 2 unspecified atom stereocenters. The van der Waals surface area contributed by atoms with Gasteiger partial charge < -0.3 is 15.4 Å². The quantitative estimate of drug-likeness (QED) is 0.846. The molecule has 0 bridgehead atoms. The van der Waals surface area contributed by atoms with Gasteiger partial charge in [-0.05, 0) is 41.5 Å². The van der Waals surface area contributed by atoms with Crippen molar-refractivity contribution in [3.8, 4) is 0 Å². The van der Waals surface area contributed by atoms with E-state index in [4.69, 9.17) is 4.74 Å². The van der Waals surface area contributed by atoms with Gasteiger partial charge >= 0.3 is 6.09 Å². The standard InChI is InChI=1S/C15H28N4O2/c1-7-19-10-13(9-17-19)12(3)18-11(2)8-16-14(20)21-15(4,5)6/h9-12,18H,7-8H2,1-6H3,(H,16,20). The van der Waals surface area contributed by atoms with Crippen LogP contribution in [-0.2, 0) is 11.3 Å². The first kappa shape index (κ1) is 17.5. The van der Waals surface area contributed by atoms with Gasteiger partial charge in [0.15, 0.2) is 0 Å². The number of carbonyl (C=O) groups excluding carboxylic acids is 1. The van der Waals surface area contributed by atoms with Crippen molar-refractivity contribution in [2.24, 2.45) is 0 Å². The highest BCUT2D eigenvalue weighted by atomic mass is 16.6. The van der Waals surface area contributed by atoms with Crippen LogP contribution >= 0.6 is 0 Å². The minimum Gasteiger partial charge on any atom is -0.444 e. The molecule has 0 saturated carbocycles. The predicted octanol–water partition coefficient (Wildman–Crippen LogP) is 2.47. The lowest BCUT2D eigenvalue weighted by Gasteiger charge is -2.22. The molecule has 6 heteroatoms. The van der Waals surface area contributed by atoms with Crippen LogP contribution in [-0.4, -0.2) is 34.1 Å². The van der Waals surface area contributed by atoms with Gasteiger partial charge in [0.1, 0.15) is 5.60 Å². The molecule has 0 fully saturated rings. The number of carbonyl (C=O) groups is 1. The van der Waals surface area contributed by atoms with Crippen molar-refractivity contribution in [2.75, 3.05) is 6.54 Å². The molecule has 0 saturated heterocycles. The van der Waals surface area contributed by atoms with Crippen molar-refractivity contribution in [2.45, 2.75) is 65.8 Å². The zero-order chi connectivity index (χ0) is 16.0. The Balaban J connectivity index is 2.36. The highest BCUT2D eigenvalue weighted by Crippen LogP contribution is 2.11. The summed E-state index contributed by atoms with van der Waals surface area (Å²) in [6.45, 7) is 13.1. The maximum atomic E-state index is 11.6. The fraction of sp³-hybridized carbons (Fsp3) is 0.733. The maximum absolute atomic E-state index is 11.6. The molecule has 6 nitrogen and oxygen atoms in total. The van der Waals surface area contributed by atoms with Gasteiger partial charge in [-0.2, -0.15) is 5.10 Å². The van der Waals surface area contributed by atoms with E-state index in [0.717, 1.165) is 12.1 Å². The van der Waals surface area contributed by atoms with E-state index in [1.807, 2.05) is 44.8 Å². The van der Waals surface area contributed by atoms with Gasteiger partial charge in [0.2, 0.25) is 0 Å². The molecule has 2 N–H and O–H groups in total. The molecule has 1 aromatic rings. The molecule has 21 heavy (non-hydrogen) atoms. The molecule has 1 amide bonds. The van der Waals surface area contributed by atoms with E-state index in [2.05, 4.69) is 29.6 Å². The van der Waals surface area contributed by atoms with Crippen LogP contribution in [0, 0.1) is 0 Å². The third-order valence-electron chi connectivity index (χ3n) is 2.96. The molecule has 2 atom stereocenters. The van der Waals surface area contributed by atoms with Crippen LogP contribution in [0.25, 0.3) is 0 Å². The first-order valence-electron chi connectivity index (χ1n) is 7.46. The zero-order valence-corrected chi connectivity index (χ0v) is 13.9. The predicted molar refractivity (Wildman–Crippen MR) is 83.2 cm³/mol. The highest BCUT2D eigenvalue weighted by molar-refractivity contribution is 5.67. The summed E-state index contributed by atoms with van der Waals surface area (Å²) in [5.74, 6) is 0. The van der Waals surface area contributed by atoms with Gasteiger partial charge in [0, 0.05) is 36.9 Å². The Morgan fingerprint density at radius 3 is 2.62 bits per heavy atom. The summed E-state index contributed by atoms with van der Waals surface area (Å²) < 4.78 is 7.10. The van der Waals surface area contributed by atoms with Gasteiger partial charge in [0.05, 0.1) is 6.20 Å². The number of aryl methyl sites for hydroxylation is 1. The Hall–Kier alpha value is -1.56. The van der Waals surface area contributed by atoms with E-state index in [0.29, 0.717) is 6.54 Å². The van der Waals surface area contributed by atoms with Crippen LogP contribution in [0.2, 0.25) is 0 Å². The van der Waals surface area contributed by atoms with Crippen molar-refractivity contribution in [3.63, 3.8) is 0 Å². The number of ether oxygens (including phenoxy) is 1. The summed E-state index contributed by atoms with van der Waals surface area (Å²) in [5.41, 5.74) is 0.670. The molecule has 1 rings (SSSR count). The first-order chi connectivity index (χ1) is 9.71. The molecule has 0 spiro atoms. The van der Waals surface area contributed by atoms with Gasteiger partial charge in [-0.1, -0.05) is 0 Å². The van der Waals surface area contributed by atoms with E-state index < -0.39 is 5.60 Å². The van der Waals surface area contributed by atoms with E-state index in [1.165, 1.54) is 0 Å². The van der Waals surface area contributed by atoms with Gasteiger partial charge in [-0.3, -0.25) is 4.68 Å². The molecule has 1 heterocycles. The number of alkyl carbamates (subject to hydrolysis) is 1. The second kappa shape index (κ2) is 7.45. The van der Waals surface area contributed by atoms with Crippen LogP contribution in [0.15, 0.2) is 12.4 Å². The van der Waals surface area contributed by atoms with Crippen molar-refractivity contribution < 1.29 is 9.53 Å². The Bertz CT molecular complexity index is 451. The summed E-state index contributed by atoms with van der Waals surface area (Å²) in [6.07, 6.45) is 3.52. The average molecular weight is 296 g/mol. The van der Waals surface area contributed by atoms with Crippen molar-refractivity contribution >= 4 is 6.09 Å². The van der Waals surface area contributed by atoms with Crippen molar-refractivity contribution in [1.29, 1.82) is 0 Å². The van der Waals surface area contributed by atoms with E-state index in [1.54, 1.807) is 0 Å². The van der Waals surface area contributed by atoms with Gasteiger partial charge in [0.25, 0.3) is 0 Å². The summed E-state index contributed by atoms with van der Waals surface area (Å²) >= 11 is 0.